The quantitative estimate of drug-likeness (QED) is 0.549. The van der Waals surface area contributed by atoms with Gasteiger partial charge in [0.2, 0.25) is 5.95 Å². The van der Waals surface area contributed by atoms with Crippen LogP contribution in [-0.2, 0) is 13.0 Å². The Morgan fingerprint density at radius 1 is 0.889 bits per heavy atom. The van der Waals surface area contributed by atoms with Crippen LogP contribution in [0.25, 0.3) is 0 Å². The summed E-state index contributed by atoms with van der Waals surface area (Å²) in [6.07, 6.45) is 3.94. The molecule has 2 aromatic carbocycles. The zero-order valence-electron chi connectivity index (χ0n) is 16.2. The van der Waals surface area contributed by atoms with Gasteiger partial charge in [-0.3, -0.25) is 0 Å². The van der Waals surface area contributed by atoms with Crippen molar-refractivity contribution in [2.24, 2.45) is 0 Å². The van der Waals surface area contributed by atoms with E-state index in [2.05, 4.69) is 83.6 Å². The van der Waals surface area contributed by atoms with Gasteiger partial charge in [0.15, 0.2) is 0 Å². The minimum absolute atomic E-state index is 0.353. The minimum Gasteiger partial charge on any atom is -0.354 e. The average molecular weight is 361 g/mol. The number of rotatable bonds is 9. The molecule has 0 aliphatic carbocycles. The number of nitrogens with one attached hydrogen (secondary N) is 1. The molecule has 4 nitrogen and oxygen atoms in total. The number of hydrogen-bond donors (Lipinski definition) is 1. The van der Waals surface area contributed by atoms with Gasteiger partial charge in [-0.1, -0.05) is 60.7 Å². The molecule has 4 heteroatoms. The molecule has 140 valence electrons. The van der Waals surface area contributed by atoms with Crippen LogP contribution in [0.2, 0.25) is 0 Å². The normalized spacial score (nSPS) is 10.8. The highest BCUT2D eigenvalue weighted by Crippen LogP contribution is 2.18. The lowest BCUT2D eigenvalue weighted by molar-refractivity contribution is 0.671. The molecule has 0 unspecified atom stereocenters. The topological polar surface area (TPSA) is 41.1 Å². The van der Waals surface area contributed by atoms with E-state index in [1.807, 2.05) is 18.3 Å². The van der Waals surface area contributed by atoms with Crippen LogP contribution in [0, 0.1) is 0 Å². The molecule has 27 heavy (non-hydrogen) atoms. The molecule has 0 aliphatic heterocycles. The number of hydrogen-bond acceptors (Lipinski definition) is 4. The third kappa shape index (κ3) is 5.81. The largest absolute Gasteiger partial charge is 0.354 e. The molecule has 1 aromatic heterocycles. The Morgan fingerprint density at radius 3 is 2.22 bits per heavy atom. The van der Waals surface area contributed by atoms with Crippen LogP contribution in [0.5, 0.6) is 0 Å². The van der Waals surface area contributed by atoms with Gasteiger partial charge in [0.25, 0.3) is 0 Å². The lowest BCUT2D eigenvalue weighted by Crippen LogP contribution is -2.31. The summed E-state index contributed by atoms with van der Waals surface area (Å²) in [5, 5.41) is 3.36. The van der Waals surface area contributed by atoms with Crippen LogP contribution >= 0.6 is 0 Å². The Bertz CT molecular complexity index is 803. The van der Waals surface area contributed by atoms with Gasteiger partial charge in [-0.05, 0) is 43.9 Å². The molecule has 0 atom stereocenters. The maximum atomic E-state index is 4.74. The molecule has 3 rings (SSSR count). The molecule has 3 aromatic rings. The Morgan fingerprint density at radius 2 is 1.56 bits per heavy atom. The molecule has 0 saturated heterocycles. The molecule has 1 N–H and O–H groups in total. The first-order valence-electron chi connectivity index (χ1n) is 9.64. The lowest BCUT2D eigenvalue weighted by atomic mass is 10.1. The third-order valence-electron chi connectivity index (χ3n) is 4.52. The maximum Gasteiger partial charge on any atom is 0.224 e. The summed E-state index contributed by atoms with van der Waals surface area (Å²) in [5.41, 5.74) is 2.64. The van der Waals surface area contributed by atoms with Crippen molar-refractivity contribution in [2.45, 2.75) is 39.3 Å². The molecular weight excluding hydrogens is 332 g/mol. The lowest BCUT2D eigenvalue weighted by Gasteiger charge is -2.28. The predicted molar refractivity (Wildman–Crippen MR) is 113 cm³/mol. The zero-order valence-corrected chi connectivity index (χ0v) is 16.2. The first kappa shape index (κ1) is 18.9. The fourth-order valence-electron chi connectivity index (χ4n) is 3.04. The summed E-state index contributed by atoms with van der Waals surface area (Å²) in [5.74, 6) is 1.65. The van der Waals surface area contributed by atoms with Crippen molar-refractivity contribution >= 4 is 11.8 Å². The van der Waals surface area contributed by atoms with Gasteiger partial charge in [-0.25, -0.2) is 4.98 Å². The summed E-state index contributed by atoms with van der Waals surface area (Å²) in [6, 6.07) is 23.4. The number of nitrogens with zero attached hydrogens (tertiary/aromatic N) is 3. The smallest absolute Gasteiger partial charge is 0.224 e. The van der Waals surface area contributed by atoms with Crippen molar-refractivity contribution in [3.05, 3.63) is 84.1 Å². The van der Waals surface area contributed by atoms with E-state index in [0.717, 1.165) is 31.7 Å². The summed E-state index contributed by atoms with van der Waals surface area (Å²) < 4.78 is 0. The van der Waals surface area contributed by atoms with Crippen LogP contribution in [0.4, 0.5) is 11.8 Å². The first-order valence-corrected chi connectivity index (χ1v) is 9.64. The van der Waals surface area contributed by atoms with E-state index < -0.39 is 0 Å². The molecule has 0 bridgehead atoms. The van der Waals surface area contributed by atoms with E-state index in [-0.39, 0.29) is 0 Å². The van der Waals surface area contributed by atoms with Crippen LogP contribution < -0.4 is 10.2 Å². The highest BCUT2D eigenvalue weighted by molar-refractivity contribution is 5.44. The van der Waals surface area contributed by atoms with Gasteiger partial charge >= 0.3 is 0 Å². The summed E-state index contributed by atoms with van der Waals surface area (Å²) in [6.45, 7) is 6.08. The van der Waals surface area contributed by atoms with E-state index in [1.165, 1.54) is 11.1 Å². The van der Waals surface area contributed by atoms with Gasteiger partial charge in [0, 0.05) is 25.3 Å². The second kappa shape index (κ2) is 9.72. The molecular formula is C23H28N4. The molecule has 0 amide bonds. The predicted octanol–water partition coefficient (Wildman–Crippen LogP) is 4.94. The van der Waals surface area contributed by atoms with Gasteiger partial charge in [-0.15, -0.1) is 0 Å². The number of aromatic nitrogens is 2. The molecule has 0 radical (unpaired) electrons. The highest BCUT2D eigenvalue weighted by atomic mass is 15.2. The number of aryl methyl sites for hydroxylation is 1. The Kier molecular flexibility index (Phi) is 6.80. The van der Waals surface area contributed by atoms with Gasteiger partial charge in [0.05, 0.1) is 0 Å². The monoisotopic (exact) mass is 360 g/mol. The van der Waals surface area contributed by atoms with Gasteiger partial charge < -0.3 is 10.2 Å². The molecule has 0 aliphatic rings. The SMILES string of the molecule is CC(C)N(Cc1ccccc1)c1ccnc(NCCCc2ccccc2)n1. The van der Waals surface area contributed by atoms with E-state index in [1.54, 1.807) is 0 Å². The van der Waals surface area contributed by atoms with Crippen molar-refractivity contribution in [2.75, 3.05) is 16.8 Å². The van der Waals surface area contributed by atoms with Crippen LogP contribution in [0.1, 0.15) is 31.4 Å². The van der Waals surface area contributed by atoms with Crippen molar-refractivity contribution in [1.29, 1.82) is 0 Å². The Balaban J connectivity index is 1.59. The van der Waals surface area contributed by atoms with Crippen LogP contribution in [0.3, 0.4) is 0 Å². The maximum absolute atomic E-state index is 4.74. The van der Waals surface area contributed by atoms with Gasteiger partial charge in [0.1, 0.15) is 5.82 Å². The molecule has 1 heterocycles. The molecule has 0 spiro atoms. The van der Waals surface area contributed by atoms with Crippen molar-refractivity contribution < 1.29 is 0 Å². The average Bonchev–Trinajstić information content (AvgIpc) is 2.71. The standard InChI is InChI=1S/C23H28N4/c1-19(2)27(18-21-12-7-4-8-13-21)22-15-17-25-23(26-22)24-16-9-14-20-10-5-3-6-11-20/h3-8,10-13,15,17,19H,9,14,16,18H2,1-2H3,(H,24,25,26). The number of anilines is 2. The van der Waals surface area contributed by atoms with Crippen molar-refractivity contribution in [3.8, 4) is 0 Å². The zero-order chi connectivity index (χ0) is 18.9. The van der Waals surface area contributed by atoms with Crippen LogP contribution in [0.15, 0.2) is 72.9 Å². The van der Waals surface area contributed by atoms with E-state index in [0.29, 0.717) is 12.0 Å². The van der Waals surface area contributed by atoms with E-state index >= 15 is 0 Å². The van der Waals surface area contributed by atoms with E-state index in [4.69, 9.17) is 4.98 Å². The second-order valence-electron chi connectivity index (χ2n) is 6.96. The Labute approximate surface area is 162 Å². The highest BCUT2D eigenvalue weighted by Gasteiger charge is 2.13. The van der Waals surface area contributed by atoms with Gasteiger partial charge in [-0.2, -0.15) is 4.98 Å². The fraction of sp³-hybridized carbons (Fsp3) is 0.304. The summed E-state index contributed by atoms with van der Waals surface area (Å²) in [4.78, 5) is 11.4. The van der Waals surface area contributed by atoms with Crippen molar-refractivity contribution in [3.63, 3.8) is 0 Å². The summed E-state index contributed by atoms with van der Waals surface area (Å²) in [7, 11) is 0. The first-order chi connectivity index (χ1) is 13.2. The van der Waals surface area contributed by atoms with E-state index in [9.17, 15) is 0 Å². The third-order valence-corrected chi connectivity index (χ3v) is 4.52. The fourth-order valence-corrected chi connectivity index (χ4v) is 3.04. The number of benzene rings is 2. The van der Waals surface area contributed by atoms with Crippen molar-refractivity contribution in [1.82, 2.24) is 9.97 Å². The second-order valence-corrected chi connectivity index (χ2v) is 6.96. The Hall–Kier alpha value is -2.88. The molecule has 0 fully saturated rings. The summed E-state index contributed by atoms with van der Waals surface area (Å²) >= 11 is 0. The minimum atomic E-state index is 0.353. The van der Waals surface area contributed by atoms with Crippen LogP contribution in [-0.4, -0.2) is 22.6 Å². The molecule has 0 saturated carbocycles.